The van der Waals surface area contributed by atoms with E-state index in [-0.39, 0.29) is 0 Å². The van der Waals surface area contributed by atoms with E-state index in [1.54, 1.807) is 11.3 Å². The Labute approximate surface area is 96.1 Å². The smallest absolute Gasteiger partial charge is 0.183 e. The van der Waals surface area contributed by atoms with E-state index in [1.807, 2.05) is 0 Å². The average Bonchev–Trinajstić information content (AvgIpc) is 2.72. The van der Waals surface area contributed by atoms with Gasteiger partial charge in [-0.15, -0.1) is 11.3 Å². The highest BCUT2D eigenvalue weighted by Gasteiger charge is 2.21. The van der Waals surface area contributed by atoms with Crippen LogP contribution in [0.15, 0.2) is 0 Å². The van der Waals surface area contributed by atoms with Gasteiger partial charge in [-0.05, 0) is 38.5 Å². The largest absolute Gasteiger partial charge is 0.361 e. The number of anilines is 1. The third-order valence-electron chi connectivity index (χ3n) is 3.37. The molecule has 0 aliphatic heterocycles. The van der Waals surface area contributed by atoms with Crippen molar-refractivity contribution in [2.75, 3.05) is 11.9 Å². The van der Waals surface area contributed by atoms with E-state index in [4.69, 9.17) is 0 Å². The number of aromatic nitrogens is 1. The maximum atomic E-state index is 4.50. The van der Waals surface area contributed by atoms with Gasteiger partial charge < -0.3 is 5.32 Å². The fourth-order valence-electron chi connectivity index (χ4n) is 2.29. The summed E-state index contributed by atoms with van der Waals surface area (Å²) in [5, 5.41) is 4.58. The highest BCUT2D eigenvalue weighted by Crippen LogP contribution is 2.31. The lowest BCUT2D eigenvalue weighted by Crippen LogP contribution is -2.11. The number of hydrogen-bond donors (Lipinski definition) is 1. The molecule has 1 heterocycles. The van der Waals surface area contributed by atoms with Crippen molar-refractivity contribution in [3.8, 4) is 0 Å². The van der Waals surface area contributed by atoms with Gasteiger partial charge in [0.25, 0.3) is 0 Å². The van der Waals surface area contributed by atoms with Crippen molar-refractivity contribution in [3.05, 3.63) is 10.6 Å². The van der Waals surface area contributed by atoms with Gasteiger partial charge in [-0.1, -0.05) is 13.3 Å². The van der Waals surface area contributed by atoms with Gasteiger partial charge in [0, 0.05) is 11.4 Å². The van der Waals surface area contributed by atoms with Crippen molar-refractivity contribution >= 4 is 16.5 Å². The molecule has 2 unspecified atom stereocenters. The zero-order valence-corrected chi connectivity index (χ0v) is 10.7. The predicted molar refractivity (Wildman–Crippen MR) is 66.6 cm³/mol. The first kappa shape index (κ1) is 10.9. The molecule has 0 amide bonds. The summed E-state index contributed by atoms with van der Waals surface area (Å²) >= 11 is 1.78. The number of nitrogens with zero attached hydrogens (tertiary/aromatic N) is 1. The Kier molecular flexibility index (Phi) is 3.29. The van der Waals surface area contributed by atoms with Gasteiger partial charge >= 0.3 is 0 Å². The summed E-state index contributed by atoms with van der Waals surface area (Å²) < 4.78 is 0. The summed E-state index contributed by atoms with van der Waals surface area (Å²) in [4.78, 5) is 5.83. The molecule has 3 heteroatoms. The molecule has 1 aromatic rings. The van der Waals surface area contributed by atoms with Crippen LogP contribution in [0.25, 0.3) is 0 Å². The van der Waals surface area contributed by atoms with Crippen molar-refractivity contribution in [1.29, 1.82) is 0 Å². The molecule has 15 heavy (non-hydrogen) atoms. The quantitative estimate of drug-likeness (QED) is 0.848. The van der Waals surface area contributed by atoms with Crippen molar-refractivity contribution in [1.82, 2.24) is 4.98 Å². The van der Waals surface area contributed by atoms with Gasteiger partial charge in [0.15, 0.2) is 5.13 Å². The van der Waals surface area contributed by atoms with Crippen molar-refractivity contribution < 1.29 is 0 Å². The van der Waals surface area contributed by atoms with Crippen LogP contribution in [-0.4, -0.2) is 11.5 Å². The van der Waals surface area contributed by atoms with Gasteiger partial charge in [0.1, 0.15) is 0 Å². The Bertz CT molecular complexity index is 313. The zero-order valence-electron chi connectivity index (χ0n) is 9.84. The first-order chi connectivity index (χ1) is 7.15. The molecule has 1 aliphatic rings. The van der Waals surface area contributed by atoms with Crippen LogP contribution in [0.1, 0.15) is 36.8 Å². The maximum absolute atomic E-state index is 4.50. The maximum Gasteiger partial charge on any atom is 0.183 e. The molecule has 2 nitrogen and oxygen atoms in total. The second kappa shape index (κ2) is 4.52. The predicted octanol–water partition coefficient (Wildman–Crippen LogP) is 3.61. The standard InChI is InChI=1S/C12H20N2S/c1-8-4-5-11(6-8)7-13-12-14-9(2)10(3)15-12/h8,11H,4-7H2,1-3H3,(H,13,14). The number of rotatable bonds is 3. The van der Waals surface area contributed by atoms with Crippen LogP contribution in [0.2, 0.25) is 0 Å². The Morgan fingerprint density at radius 2 is 2.20 bits per heavy atom. The van der Waals surface area contributed by atoms with Crippen molar-refractivity contribution in [3.63, 3.8) is 0 Å². The van der Waals surface area contributed by atoms with Gasteiger partial charge in [-0.2, -0.15) is 0 Å². The molecule has 1 fully saturated rings. The molecule has 2 atom stereocenters. The number of nitrogens with one attached hydrogen (secondary N) is 1. The second-order valence-corrected chi connectivity index (χ2v) is 6.03. The van der Waals surface area contributed by atoms with E-state index in [0.717, 1.165) is 23.5 Å². The van der Waals surface area contributed by atoms with Crippen LogP contribution in [0.4, 0.5) is 5.13 Å². The van der Waals surface area contributed by atoms with Crippen molar-refractivity contribution in [2.24, 2.45) is 11.8 Å². The Balaban J connectivity index is 1.83. The molecule has 0 spiro atoms. The molecule has 0 saturated heterocycles. The number of hydrogen-bond acceptors (Lipinski definition) is 3. The summed E-state index contributed by atoms with van der Waals surface area (Å²) in [6.45, 7) is 7.68. The molecule has 1 aromatic heterocycles. The Morgan fingerprint density at radius 1 is 1.40 bits per heavy atom. The lowest BCUT2D eigenvalue weighted by Gasteiger charge is -2.09. The molecule has 0 aromatic carbocycles. The van der Waals surface area contributed by atoms with Crippen molar-refractivity contribution in [2.45, 2.75) is 40.0 Å². The van der Waals surface area contributed by atoms with Crippen LogP contribution < -0.4 is 5.32 Å². The summed E-state index contributed by atoms with van der Waals surface area (Å²) in [5.74, 6) is 1.79. The lowest BCUT2D eigenvalue weighted by atomic mass is 10.1. The van der Waals surface area contributed by atoms with E-state index in [9.17, 15) is 0 Å². The van der Waals surface area contributed by atoms with Crippen LogP contribution in [0.3, 0.4) is 0 Å². The summed E-state index contributed by atoms with van der Waals surface area (Å²) in [6.07, 6.45) is 4.18. The molecule has 1 aliphatic carbocycles. The first-order valence-corrected chi connectivity index (χ1v) is 6.64. The third kappa shape index (κ3) is 2.71. The Morgan fingerprint density at radius 3 is 2.73 bits per heavy atom. The Hall–Kier alpha value is -0.570. The minimum absolute atomic E-state index is 0.865. The SMILES string of the molecule is Cc1nc(NCC2CCC(C)C2)sc1C. The van der Waals surface area contributed by atoms with Gasteiger partial charge in [-0.25, -0.2) is 4.98 Å². The summed E-state index contributed by atoms with van der Waals surface area (Å²) in [5.41, 5.74) is 1.17. The van der Waals surface area contributed by atoms with Crippen LogP contribution in [0.5, 0.6) is 0 Å². The molecule has 84 valence electrons. The average molecular weight is 224 g/mol. The van der Waals surface area contributed by atoms with E-state index < -0.39 is 0 Å². The minimum Gasteiger partial charge on any atom is -0.361 e. The second-order valence-electron chi connectivity index (χ2n) is 4.83. The molecule has 1 saturated carbocycles. The molecule has 0 radical (unpaired) electrons. The number of aryl methyl sites for hydroxylation is 2. The minimum atomic E-state index is 0.865. The van der Waals surface area contributed by atoms with Gasteiger partial charge in [0.05, 0.1) is 5.69 Å². The van der Waals surface area contributed by atoms with E-state index >= 15 is 0 Å². The number of thiazole rings is 1. The topological polar surface area (TPSA) is 24.9 Å². The van der Waals surface area contributed by atoms with Gasteiger partial charge in [0.2, 0.25) is 0 Å². The van der Waals surface area contributed by atoms with E-state index in [2.05, 4.69) is 31.1 Å². The molecule has 2 rings (SSSR count). The molecule has 1 N–H and O–H groups in total. The molecular formula is C12H20N2S. The summed E-state index contributed by atoms with van der Waals surface area (Å²) in [6, 6.07) is 0. The first-order valence-electron chi connectivity index (χ1n) is 5.83. The molecular weight excluding hydrogens is 204 g/mol. The van der Waals surface area contributed by atoms with E-state index in [0.29, 0.717) is 0 Å². The van der Waals surface area contributed by atoms with Crippen LogP contribution in [0, 0.1) is 25.7 Å². The van der Waals surface area contributed by atoms with E-state index in [1.165, 1.54) is 29.8 Å². The lowest BCUT2D eigenvalue weighted by molar-refractivity contribution is 0.537. The highest BCUT2D eigenvalue weighted by atomic mass is 32.1. The van der Waals surface area contributed by atoms with Gasteiger partial charge in [-0.3, -0.25) is 0 Å². The zero-order chi connectivity index (χ0) is 10.8. The summed E-state index contributed by atoms with van der Waals surface area (Å²) in [7, 11) is 0. The van der Waals surface area contributed by atoms with Crippen LogP contribution >= 0.6 is 11.3 Å². The molecule has 0 bridgehead atoms. The fourth-order valence-corrected chi connectivity index (χ4v) is 3.11. The fraction of sp³-hybridized carbons (Fsp3) is 0.750. The monoisotopic (exact) mass is 224 g/mol. The van der Waals surface area contributed by atoms with Crippen LogP contribution in [-0.2, 0) is 0 Å². The normalized spacial score (nSPS) is 25.8. The third-order valence-corrected chi connectivity index (χ3v) is 4.40. The highest BCUT2D eigenvalue weighted by molar-refractivity contribution is 7.15.